The largest absolute Gasteiger partial charge is 0.368 e. The first-order valence-corrected chi connectivity index (χ1v) is 9.00. The fourth-order valence-corrected chi connectivity index (χ4v) is 3.73. The van der Waals surface area contributed by atoms with Crippen molar-refractivity contribution in [3.8, 4) is 0 Å². The van der Waals surface area contributed by atoms with Gasteiger partial charge < -0.3 is 9.64 Å². The Bertz CT molecular complexity index is 781. The van der Waals surface area contributed by atoms with Gasteiger partial charge in [0, 0.05) is 32.8 Å². The molecule has 0 aliphatic carbocycles. The van der Waals surface area contributed by atoms with E-state index in [0.29, 0.717) is 56.2 Å². The van der Waals surface area contributed by atoms with Gasteiger partial charge in [0.1, 0.15) is 11.9 Å². The van der Waals surface area contributed by atoms with E-state index in [-0.39, 0.29) is 12.0 Å². The topological polar surface area (TPSA) is 50.6 Å². The van der Waals surface area contributed by atoms with E-state index in [1.165, 1.54) is 0 Å². The smallest absolute Gasteiger partial charge is 0.320 e. The van der Waals surface area contributed by atoms with Gasteiger partial charge in [-0.05, 0) is 25.0 Å². The highest BCUT2D eigenvalue weighted by Crippen LogP contribution is 2.24. The van der Waals surface area contributed by atoms with Gasteiger partial charge in [0.05, 0.1) is 17.6 Å². The van der Waals surface area contributed by atoms with Gasteiger partial charge in [-0.3, -0.25) is 14.3 Å². The van der Waals surface area contributed by atoms with Crippen LogP contribution in [0.3, 0.4) is 0 Å². The predicted octanol–water partition coefficient (Wildman–Crippen LogP) is 2.25. The summed E-state index contributed by atoms with van der Waals surface area (Å²) in [5.41, 5.74) is 1.03. The molecule has 1 unspecified atom stereocenters. The number of benzene rings is 1. The highest BCUT2D eigenvalue weighted by Gasteiger charge is 2.30. The van der Waals surface area contributed by atoms with E-state index in [4.69, 9.17) is 4.74 Å². The van der Waals surface area contributed by atoms with Crippen molar-refractivity contribution in [2.45, 2.75) is 32.0 Å². The molecule has 3 heterocycles. The fourth-order valence-electron chi connectivity index (χ4n) is 3.73. The summed E-state index contributed by atoms with van der Waals surface area (Å²) >= 11 is 0. The van der Waals surface area contributed by atoms with E-state index in [1.54, 1.807) is 24.3 Å². The third-order valence-electron chi connectivity index (χ3n) is 5.12. The lowest BCUT2D eigenvalue weighted by atomic mass is 10.2. The fraction of sp³-hybridized carbons (Fsp3) is 0.556. The molecule has 1 aromatic carbocycles. The summed E-state index contributed by atoms with van der Waals surface area (Å²) in [6, 6.07) is 6.94. The Hall–Kier alpha value is -2.06. The van der Waals surface area contributed by atoms with E-state index < -0.39 is 6.55 Å². The van der Waals surface area contributed by atoms with Crippen LogP contribution in [0.15, 0.2) is 24.3 Å². The molecule has 0 N–H and O–H groups in total. The average molecular weight is 364 g/mol. The lowest BCUT2D eigenvalue weighted by Crippen LogP contribution is -2.51. The van der Waals surface area contributed by atoms with Crippen LogP contribution in [0.4, 0.5) is 8.78 Å². The molecule has 2 aliphatic rings. The SMILES string of the molecule is O=C(C1CCCO1)N1CCN(Cc2nc3ccccc3n2C(F)F)CC1. The van der Waals surface area contributed by atoms with Gasteiger partial charge in [-0.15, -0.1) is 0 Å². The third-order valence-corrected chi connectivity index (χ3v) is 5.12. The molecule has 8 heteroatoms. The van der Waals surface area contributed by atoms with E-state index in [2.05, 4.69) is 9.88 Å². The Labute approximate surface area is 150 Å². The minimum absolute atomic E-state index is 0.0574. The normalized spacial score (nSPS) is 21.8. The Balaban J connectivity index is 1.42. The first-order chi connectivity index (χ1) is 12.6. The zero-order valence-corrected chi connectivity index (χ0v) is 14.5. The Morgan fingerprint density at radius 1 is 1.23 bits per heavy atom. The number of rotatable bonds is 4. The van der Waals surface area contributed by atoms with Crippen LogP contribution in [0.25, 0.3) is 11.0 Å². The minimum atomic E-state index is -2.63. The molecule has 2 fully saturated rings. The zero-order valence-electron chi connectivity index (χ0n) is 14.5. The van der Waals surface area contributed by atoms with Crippen molar-refractivity contribution in [1.29, 1.82) is 0 Å². The van der Waals surface area contributed by atoms with Crippen molar-refractivity contribution >= 4 is 16.9 Å². The molecule has 0 radical (unpaired) electrons. The van der Waals surface area contributed by atoms with E-state index in [0.717, 1.165) is 17.4 Å². The van der Waals surface area contributed by atoms with Crippen LogP contribution in [0.5, 0.6) is 0 Å². The molecule has 6 nitrogen and oxygen atoms in total. The quantitative estimate of drug-likeness (QED) is 0.835. The van der Waals surface area contributed by atoms with Crippen LogP contribution in [-0.4, -0.2) is 64.1 Å². The number of aromatic nitrogens is 2. The number of carbonyl (C=O) groups excluding carboxylic acids is 1. The number of ether oxygens (including phenoxy) is 1. The first-order valence-electron chi connectivity index (χ1n) is 9.00. The van der Waals surface area contributed by atoms with Crippen LogP contribution in [0.1, 0.15) is 25.2 Å². The maximum absolute atomic E-state index is 13.5. The third kappa shape index (κ3) is 3.31. The molecule has 0 bridgehead atoms. The van der Waals surface area contributed by atoms with Crippen molar-refractivity contribution < 1.29 is 18.3 Å². The second kappa shape index (κ2) is 7.28. The number of piperazine rings is 1. The summed E-state index contributed by atoms with van der Waals surface area (Å²) in [6.45, 7) is 0.845. The lowest BCUT2D eigenvalue weighted by Gasteiger charge is -2.35. The second-order valence-corrected chi connectivity index (χ2v) is 6.77. The van der Waals surface area contributed by atoms with Crippen molar-refractivity contribution in [2.24, 2.45) is 0 Å². The van der Waals surface area contributed by atoms with Gasteiger partial charge in [-0.2, -0.15) is 8.78 Å². The number of hydrogen-bond acceptors (Lipinski definition) is 4. The van der Waals surface area contributed by atoms with Gasteiger partial charge in [-0.1, -0.05) is 12.1 Å². The molecule has 2 aromatic rings. The lowest BCUT2D eigenvalue weighted by molar-refractivity contribution is -0.142. The van der Waals surface area contributed by atoms with Gasteiger partial charge in [-0.25, -0.2) is 4.98 Å². The van der Waals surface area contributed by atoms with Crippen molar-refractivity contribution in [3.63, 3.8) is 0 Å². The molecular formula is C18H22F2N4O2. The van der Waals surface area contributed by atoms with Crippen molar-refractivity contribution in [3.05, 3.63) is 30.1 Å². The summed E-state index contributed by atoms with van der Waals surface area (Å²) in [5, 5.41) is 0. The molecule has 0 spiro atoms. The van der Waals surface area contributed by atoms with Gasteiger partial charge >= 0.3 is 6.55 Å². The zero-order chi connectivity index (χ0) is 18.1. The van der Waals surface area contributed by atoms with Gasteiger partial charge in [0.2, 0.25) is 0 Å². The number of fused-ring (bicyclic) bond motifs is 1. The molecule has 1 amide bonds. The molecule has 2 saturated heterocycles. The van der Waals surface area contributed by atoms with E-state index in [1.807, 2.05) is 4.90 Å². The molecule has 140 valence electrons. The highest BCUT2D eigenvalue weighted by molar-refractivity contribution is 5.81. The van der Waals surface area contributed by atoms with Gasteiger partial charge in [0.25, 0.3) is 5.91 Å². The molecule has 2 aliphatic heterocycles. The van der Waals surface area contributed by atoms with Crippen LogP contribution < -0.4 is 0 Å². The molecule has 1 atom stereocenters. The summed E-state index contributed by atoms with van der Waals surface area (Å²) in [6.07, 6.45) is 1.42. The maximum Gasteiger partial charge on any atom is 0.320 e. The van der Waals surface area contributed by atoms with Crippen molar-refractivity contribution in [2.75, 3.05) is 32.8 Å². The standard InChI is InChI=1S/C18H22F2N4O2/c19-18(20)24-14-5-2-1-4-13(14)21-16(24)12-22-7-9-23(10-8-22)17(25)15-6-3-11-26-15/h1-2,4-5,15,18H,3,6-12H2. The summed E-state index contributed by atoms with van der Waals surface area (Å²) in [5.74, 6) is 0.419. The summed E-state index contributed by atoms with van der Waals surface area (Å²) in [4.78, 5) is 20.7. The van der Waals surface area contributed by atoms with Gasteiger partial charge in [0.15, 0.2) is 0 Å². The number of amides is 1. The van der Waals surface area contributed by atoms with E-state index in [9.17, 15) is 13.6 Å². The number of para-hydroxylation sites is 2. The number of carbonyl (C=O) groups is 1. The number of hydrogen-bond donors (Lipinski definition) is 0. The predicted molar refractivity (Wildman–Crippen MR) is 91.8 cm³/mol. The summed E-state index contributed by atoms with van der Waals surface area (Å²) < 4.78 is 33.5. The van der Waals surface area contributed by atoms with Crippen LogP contribution in [0, 0.1) is 0 Å². The number of halogens is 2. The van der Waals surface area contributed by atoms with Crippen LogP contribution in [-0.2, 0) is 16.1 Å². The average Bonchev–Trinajstić information content (AvgIpc) is 3.29. The van der Waals surface area contributed by atoms with Crippen molar-refractivity contribution in [1.82, 2.24) is 19.4 Å². The number of nitrogens with zero attached hydrogens (tertiary/aromatic N) is 4. The molecule has 0 saturated carbocycles. The first kappa shape index (κ1) is 17.4. The summed E-state index contributed by atoms with van der Waals surface area (Å²) in [7, 11) is 0. The van der Waals surface area contributed by atoms with Crippen LogP contribution in [0.2, 0.25) is 0 Å². The van der Waals surface area contributed by atoms with E-state index >= 15 is 0 Å². The second-order valence-electron chi connectivity index (χ2n) is 6.77. The molecule has 1 aromatic heterocycles. The monoisotopic (exact) mass is 364 g/mol. The minimum Gasteiger partial charge on any atom is -0.368 e. The Kier molecular flexibility index (Phi) is 4.86. The molecule has 4 rings (SSSR count). The Morgan fingerprint density at radius 2 is 2.00 bits per heavy atom. The number of imidazole rings is 1. The molecular weight excluding hydrogens is 342 g/mol. The van der Waals surface area contributed by atoms with Crippen LogP contribution >= 0.6 is 0 Å². The number of alkyl halides is 2. The maximum atomic E-state index is 13.5. The Morgan fingerprint density at radius 3 is 2.69 bits per heavy atom. The highest BCUT2D eigenvalue weighted by atomic mass is 19.3. The molecule has 26 heavy (non-hydrogen) atoms.